The van der Waals surface area contributed by atoms with E-state index in [0.29, 0.717) is 11.7 Å². The summed E-state index contributed by atoms with van der Waals surface area (Å²) >= 11 is 1.31. The molecule has 0 saturated heterocycles. The molecular formula is C18H18N4O2S. The van der Waals surface area contributed by atoms with Crippen molar-refractivity contribution in [2.45, 2.75) is 13.8 Å². The predicted molar refractivity (Wildman–Crippen MR) is 100 cm³/mol. The van der Waals surface area contributed by atoms with Crippen LogP contribution >= 0.6 is 11.3 Å². The van der Waals surface area contributed by atoms with Gasteiger partial charge in [-0.3, -0.25) is 5.32 Å². The monoisotopic (exact) mass is 354 g/mol. The molecule has 0 aliphatic heterocycles. The number of carbonyl (C=O) groups excluding carboxylic acids is 1. The zero-order chi connectivity index (χ0) is 17.6. The van der Waals surface area contributed by atoms with Crippen LogP contribution < -0.4 is 15.4 Å². The van der Waals surface area contributed by atoms with E-state index in [2.05, 4.69) is 20.8 Å². The fourth-order valence-electron chi connectivity index (χ4n) is 2.15. The number of ether oxygens (including phenoxy) is 1. The summed E-state index contributed by atoms with van der Waals surface area (Å²) < 4.78 is 5.42. The first-order chi connectivity index (χ1) is 12.1. The maximum absolute atomic E-state index is 12.0. The Labute approximate surface area is 149 Å². The van der Waals surface area contributed by atoms with Crippen molar-refractivity contribution in [1.82, 2.24) is 10.2 Å². The summed E-state index contributed by atoms with van der Waals surface area (Å²) in [5.41, 5.74) is 2.78. The molecule has 0 aliphatic rings. The van der Waals surface area contributed by atoms with Crippen molar-refractivity contribution in [3.63, 3.8) is 0 Å². The Kier molecular flexibility index (Phi) is 5.25. The molecule has 25 heavy (non-hydrogen) atoms. The number of aryl methyl sites for hydroxylation is 1. The van der Waals surface area contributed by atoms with Gasteiger partial charge in [-0.15, -0.1) is 10.2 Å². The lowest BCUT2D eigenvalue weighted by atomic mass is 10.2. The van der Waals surface area contributed by atoms with E-state index in [9.17, 15) is 4.79 Å². The van der Waals surface area contributed by atoms with Gasteiger partial charge in [0.2, 0.25) is 5.13 Å². The van der Waals surface area contributed by atoms with Gasteiger partial charge in [-0.05, 0) is 50.2 Å². The maximum Gasteiger partial charge on any atom is 0.325 e. The van der Waals surface area contributed by atoms with Crippen LogP contribution in [0.5, 0.6) is 5.75 Å². The second kappa shape index (κ2) is 7.76. The second-order valence-electron chi connectivity index (χ2n) is 5.31. The SMILES string of the molecule is CCOc1ccc(-c2nnc(NC(=O)Nc3ccc(C)cc3)s2)cc1. The van der Waals surface area contributed by atoms with Crippen molar-refractivity contribution < 1.29 is 9.53 Å². The standard InChI is InChI=1S/C18H18N4O2S/c1-3-24-15-10-6-13(7-11-15)16-21-22-18(25-16)20-17(23)19-14-8-4-12(2)5-9-14/h4-11H,3H2,1-2H3,(H2,19,20,22,23). The van der Waals surface area contributed by atoms with Crippen LogP contribution in [0.25, 0.3) is 10.6 Å². The Morgan fingerprint density at radius 3 is 2.44 bits per heavy atom. The quantitative estimate of drug-likeness (QED) is 0.704. The molecular weight excluding hydrogens is 336 g/mol. The summed E-state index contributed by atoms with van der Waals surface area (Å²) in [5, 5.41) is 14.8. The van der Waals surface area contributed by atoms with Crippen LogP contribution in [-0.2, 0) is 0 Å². The molecule has 2 amide bonds. The minimum Gasteiger partial charge on any atom is -0.494 e. The summed E-state index contributed by atoms with van der Waals surface area (Å²) in [5.74, 6) is 0.812. The van der Waals surface area contributed by atoms with E-state index in [-0.39, 0.29) is 6.03 Å². The summed E-state index contributed by atoms with van der Waals surface area (Å²) in [6, 6.07) is 14.8. The number of carbonyl (C=O) groups is 1. The van der Waals surface area contributed by atoms with E-state index in [1.807, 2.05) is 62.4 Å². The number of anilines is 2. The van der Waals surface area contributed by atoms with E-state index in [0.717, 1.165) is 27.6 Å². The lowest BCUT2D eigenvalue weighted by Gasteiger charge is -2.05. The number of hydrogen-bond donors (Lipinski definition) is 2. The normalized spacial score (nSPS) is 10.3. The van der Waals surface area contributed by atoms with Crippen molar-refractivity contribution in [3.8, 4) is 16.3 Å². The van der Waals surface area contributed by atoms with Crippen LogP contribution in [0.2, 0.25) is 0 Å². The molecule has 128 valence electrons. The molecule has 3 aromatic rings. The molecule has 0 fully saturated rings. The van der Waals surface area contributed by atoms with E-state index in [1.165, 1.54) is 11.3 Å². The smallest absolute Gasteiger partial charge is 0.325 e. The Balaban J connectivity index is 1.62. The number of benzene rings is 2. The van der Waals surface area contributed by atoms with Gasteiger partial charge in [0, 0.05) is 11.3 Å². The molecule has 0 saturated carbocycles. The molecule has 2 N–H and O–H groups in total. The molecule has 7 heteroatoms. The molecule has 6 nitrogen and oxygen atoms in total. The first kappa shape index (κ1) is 16.9. The number of hydrogen-bond acceptors (Lipinski definition) is 5. The third-order valence-corrected chi connectivity index (χ3v) is 4.25. The van der Waals surface area contributed by atoms with Crippen molar-refractivity contribution in [3.05, 3.63) is 54.1 Å². The molecule has 2 aromatic carbocycles. The van der Waals surface area contributed by atoms with Gasteiger partial charge in [0.15, 0.2) is 0 Å². The molecule has 3 rings (SSSR count). The summed E-state index contributed by atoms with van der Waals surface area (Å²) in [6.07, 6.45) is 0. The van der Waals surface area contributed by atoms with Gasteiger partial charge in [0.05, 0.1) is 6.61 Å². The third kappa shape index (κ3) is 4.54. The van der Waals surface area contributed by atoms with Gasteiger partial charge in [-0.2, -0.15) is 0 Å². The zero-order valence-electron chi connectivity index (χ0n) is 13.9. The predicted octanol–water partition coefficient (Wildman–Crippen LogP) is 4.56. The van der Waals surface area contributed by atoms with Crippen molar-refractivity contribution >= 4 is 28.2 Å². The van der Waals surface area contributed by atoms with Crippen molar-refractivity contribution in [1.29, 1.82) is 0 Å². The minimum atomic E-state index is -0.349. The highest BCUT2D eigenvalue weighted by Gasteiger charge is 2.10. The van der Waals surface area contributed by atoms with E-state index in [4.69, 9.17) is 4.74 Å². The van der Waals surface area contributed by atoms with Crippen molar-refractivity contribution in [2.75, 3.05) is 17.2 Å². The number of nitrogens with one attached hydrogen (secondary N) is 2. The number of urea groups is 1. The van der Waals surface area contributed by atoms with Gasteiger partial charge in [0.25, 0.3) is 0 Å². The van der Waals surface area contributed by atoms with Gasteiger partial charge in [0.1, 0.15) is 10.8 Å². The Morgan fingerprint density at radius 2 is 1.76 bits per heavy atom. The van der Waals surface area contributed by atoms with Gasteiger partial charge in [-0.1, -0.05) is 29.0 Å². The third-order valence-electron chi connectivity index (χ3n) is 3.37. The van der Waals surface area contributed by atoms with Crippen LogP contribution in [0.1, 0.15) is 12.5 Å². The van der Waals surface area contributed by atoms with Crippen LogP contribution in [0.15, 0.2) is 48.5 Å². The largest absolute Gasteiger partial charge is 0.494 e. The molecule has 0 atom stereocenters. The first-order valence-corrected chi connectivity index (χ1v) is 8.67. The van der Waals surface area contributed by atoms with Gasteiger partial charge >= 0.3 is 6.03 Å². The molecule has 0 spiro atoms. The maximum atomic E-state index is 12.0. The van der Waals surface area contributed by atoms with Crippen LogP contribution in [-0.4, -0.2) is 22.8 Å². The van der Waals surface area contributed by atoms with E-state index in [1.54, 1.807) is 0 Å². The van der Waals surface area contributed by atoms with Crippen LogP contribution in [0.3, 0.4) is 0 Å². The topological polar surface area (TPSA) is 76.1 Å². The number of aromatic nitrogens is 2. The zero-order valence-corrected chi connectivity index (χ0v) is 14.8. The average molecular weight is 354 g/mol. The van der Waals surface area contributed by atoms with E-state index >= 15 is 0 Å². The Morgan fingerprint density at radius 1 is 1.04 bits per heavy atom. The summed E-state index contributed by atoms with van der Waals surface area (Å²) in [4.78, 5) is 12.0. The van der Waals surface area contributed by atoms with Crippen molar-refractivity contribution in [2.24, 2.45) is 0 Å². The highest BCUT2D eigenvalue weighted by atomic mass is 32.1. The van der Waals surface area contributed by atoms with Gasteiger partial charge in [-0.25, -0.2) is 4.79 Å². The molecule has 0 unspecified atom stereocenters. The average Bonchev–Trinajstić information content (AvgIpc) is 3.06. The molecule has 1 aromatic heterocycles. The Bertz CT molecular complexity index is 844. The number of nitrogens with zero attached hydrogens (tertiary/aromatic N) is 2. The Hall–Kier alpha value is -2.93. The summed E-state index contributed by atoms with van der Waals surface area (Å²) in [6.45, 7) is 4.56. The molecule has 0 aliphatic carbocycles. The molecule has 0 bridgehead atoms. The highest BCUT2D eigenvalue weighted by molar-refractivity contribution is 7.18. The van der Waals surface area contributed by atoms with Crippen LogP contribution in [0.4, 0.5) is 15.6 Å². The van der Waals surface area contributed by atoms with Gasteiger partial charge < -0.3 is 10.1 Å². The fraction of sp³-hybridized carbons (Fsp3) is 0.167. The molecule has 1 heterocycles. The first-order valence-electron chi connectivity index (χ1n) is 7.85. The lowest BCUT2D eigenvalue weighted by molar-refractivity contribution is 0.262. The van der Waals surface area contributed by atoms with E-state index < -0.39 is 0 Å². The highest BCUT2D eigenvalue weighted by Crippen LogP contribution is 2.27. The summed E-state index contributed by atoms with van der Waals surface area (Å²) in [7, 11) is 0. The lowest BCUT2D eigenvalue weighted by Crippen LogP contribution is -2.19. The second-order valence-corrected chi connectivity index (χ2v) is 6.29. The number of amides is 2. The number of rotatable bonds is 5. The fourth-order valence-corrected chi connectivity index (χ4v) is 2.89. The molecule has 0 radical (unpaired) electrons. The van der Waals surface area contributed by atoms with Crippen LogP contribution in [0, 0.1) is 6.92 Å². The minimum absolute atomic E-state index is 0.349.